The number of esters is 1. The smallest absolute Gasteiger partial charge is 0.316 e. The summed E-state index contributed by atoms with van der Waals surface area (Å²) in [5, 5.41) is 0. The molecule has 0 aromatic heterocycles. The van der Waals surface area contributed by atoms with Crippen molar-refractivity contribution >= 4 is 23.5 Å². The molecule has 0 unspecified atom stereocenters. The molecule has 0 atom stereocenters. The number of rotatable bonds is 5. The van der Waals surface area contributed by atoms with Crippen molar-refractivity contribution < 1.29 is 14.3 Å². The van der Waals surface area contributed by atoms with Gasteiger partial charge in [-0.1, -0.05) is 23.8 Å². The second-order valence-electron chi connectivity index (χ2n) is 5.82. The van der Waals surface area contributed by atoms with Gasteiger partial charge in [0, 0.05) is 5.56 Å². The molecule has 4 heteroatoms. The average Bonchev–Trinajstić information content (AvgIpc) is 2.25. The molecule has 0 N–H and O–H groups in total. The normalized spacial score (nSPS) is 11.2. The standard InChI is InChI=1S/C16H22O3S/c1-11-6-7-13(12(2)8-11)14(17)9-20-10-15(18)19-16(3,4)5/h6-8H,9-10H2,1-5H3. The summed E-state index contributed by atoms with van der Waals surface area (Å²) in [4.78, 5) is 23.6. The van der Waals surface area contributed by atoms with Crippen LogP contribution in [0.5, 0.6) is 0 Å². The van der Waals surface area contributed by atoms with Crippen molar-refractivity contribution in [2.75, 3.05) is 11.5 Å². The molecule has 1 rings (SSSR count). The number of benzene rings is 1. The van der Waals surface area contributed by atoms with Gasteiger partial charge >= 0.3 is 5.97 Å². The maximum Gasteiger partial charge on any atom is 0.316 e. The van der Waals surface area contributed by atoms with Crippen LogP contribution in [-0.4, -0.2) is 28.9 Å². The van der Waals surface area contributed by atoms with Crippen molar-refractivity contribution in [3.8, 4) is 0 Å². The zero-order valence-electron chi connectivity index (χ0n) is 12.8. The van der Waals surface area contributed by atoms with E-state index in [-0.39, 0.29) is 17.5 Å². The first kappa shape index (κ1) is 16.8. The Morgan fingerprint density at radius 2 is 1.80 bits per heavy atom. The van der Waals surface area contributed by atoms with Crippen molar-refractivity contribution in [3.05, 3.63) is 34.9 Å². The minimum Gasteiger partial charge on any atom is -0.459 e. The number of carbonyl (C=O) groups excluding carboxylic acids is 2. The number of thioether (sulfide) groups is 1. The molecule has 1 aromatic rings. The summed E-state index contributed by atoms with van der Waals surface area (Å²) in [5.41, 5.74) is 2.37. The first-order valence-corrected chi connectivity index (χ1v) is 7.74. The third-order valence-electron chi connectivity index (χ3n) is 2.56. The van der Waals surface area contributed by atoms with E-state index in [4.69, 9.17) is 4.74 Å². The van der Waals surface area contributed by atoms with Crippen LogP contribution < -0.4 is 0 Å². The summed E-state index contributed by atoms with van der Waals surface area (Å²) in [6, 6.07) is 5.77. The first-order chi connectivity index (χ1) is 9.19. The SMILES string of the molecule is Cc1ccc(C(=O)CSCC(=O)OC(C)(C)C)c(C)c1. The fourth-order valence-electron chi connectivity index (χ4n) is 1.80. The Balaban J connectivity index is 2.46. The zero-order valence-corrected chi connectivity index (χ0v) is 13.6. The molecule has 0 bridgehead atoms. The molecule has 0 saturated heterocycles. The van der Waals surface area contributed by atoms with E-state index >= 15 is 0 Å². The van der Waals surface area contributed by atoms with Crippen LogP contribution in [0.1, 0.15) is 42.3 Å². The quantitative estimate of drug-likeness (QED) is 0.615. The highest BCUT2D eigenvalue weighted by Gasteiger charge is 2.17. The van der Waals surface area contributed by atoms with E-state index in [2.05, 4.69) is 0 Å². The van der Waals surface area contributed by atoms with Crippen LogP contribution in [0, 0.1) is 13.8 Å². The fourth-order valence-corrected chi connectivity index (χ4v) is 2.47. The lowest BCUT2D eigenvalue weighted by molar-refractivity contribution is -0.151. The molecule has 0 radical (unpaired) electrons. The highest BCUT2D eigenvalue weighted by atomic mass is 32.2. The van der Waals surface area contributed by atoms with Crippen LogP contribution in [0.2, 0.25) is 0 Å². The number of ether oxygens (including phenoxy) is 1. The van der Waals surface area contributed by atoms with Crippen molar-refractivity contribution in [2.45, 2.75) is 40.2 Å². The summed E-state index contributed by atoms with van der Waals surface area (Å²) in [6.07, 6.45) is 0. The molecule has 0 saturated carbocycles. The van der Waals surface area contributed by atoms with E-state index in [0.717, 1.165) is 16.7 Å². The average molecular weight is 294 g/mol. The van der Waals surface area contributed by atoms with Gasteiger partial charge in [-0.25, -0.2) is 0 Å². The Hall–Kier alpha value is -1.29. The van der Waals surface area contributed by atoms with E-state index in [9.17, 15) is 9.59 Å². The number of hydrogen-bond donors (Lipinski definition) is 0. The lowest BCUT2D eigenvalue weighted by Gasteiger charge is -2.19. The molecule has 1 aromatic carbocycles. The third-order valence-corrected chi connectivity index (χ3v) is 3.46. The predicted octanol–water partition coefficient (Wildman–Crippen LogP) is 3.56. The molecule has 0 fully saturated rings. The van der Waals surface area contributed by atoms with Crippen LogP contribution >= 0.6 is 11.8 Å². The fraction of sp³-hybridized carbons (Fsp3) is 0.500. The predicted molar refractivity (Wildman–Crippen MR) is 83.4 cm³/mol. The van der Waals surface area contributed by atoms with Gasteiger partial charge in [0.2, 0.25) is 0 Å². The van der Waals surface area contributed by atoms with Gasteiger partial charge in [-0.2, -0.15) is 0 Å². The summed E-state index contributed by atoms with van der Waals surface area (Å²) in [6.45, 7) is 9.42. The Kier molecular flexibility index (Phi) is 5.81. The molecular formula is C16H22O3S. The van der Waals surface area contributed by atoms with E-state index in [0.29, 0.717) is 5.75 Å². The van der Waals surface area contributed by atoms with Gasteiger partial charge in [0.1, 0.15) is 5.60 Å². The molecule has 0 aliphatic rings. The monoisotopic (exact) mass is 294 g/mol. The lowest BCUT2D eigenvalue weighted by atomic mass is 10.0. The number of aryl methyl sites for hydroxylation is 2. The Labute approximate surface area is 125 Å². The molecule has 0 spiro atoms. The van der Waals surface area contributed by atoms with E-state index in [1.54, 1.807) is 0 Å². The summed E-state index contributed by atoms with van der Waals surface area (Å²) >= 11 is 1.29. The summed E-state index contributed by atoms with van der Waals surface area (Å²) in [7, 11) is 0. The molecule has 0 aliphatic heterocycles. The second kappa shape index (κ2) is 6.93. The highest BCUT2D eigenvalue weighted by Crippen LogP contribution is 2.15. The van der Waals surface area contributed by atoms with Gasteiger partial charge < -0.3 is 4.74 Å². The number of ketones is 1. The number of carbonyl (C=O) groups is 2. The van der Waals surface area contributed by atoms with E-state index in [1.165, 1.54) is 11.8 Å². The van der Waals surface area contributed by atoms with E-state index in [1.807, 2.05) is 52.8 Å². The molecular weight excluding hydrogens is 272 g/mol. The summed E-state index contributed by atoms with van der Waals surface area (Å²) < 4.78 is 5.19. The first-order valence-electron chi connectivity index (χ1n) is 6.59. The minimum absolute atomic E-state index is 0.0519. The van der Waals surface area contributed by atoms with Gasteiger partial charge in [-0.15, -0.1) is 11.8 Å². The van der Waals surface area contributed by atoms with E-state index < -0.39 is 5.60 Å². The maximum atomic E-state index is 12.1. The third kappa shape index (κ3) is 5.78. The molecule has 0 heterocycles. The highest BCUT2D eigenvalue weighted by molar-refractivity contribution is 8.00. The van der Waals surface area contributed by atoms with Gasteiger partial charge in [-0.05, 0) is 40.2 Å². The topological polar surface area (TPSA) is 43.4 Å². The molecule has 20 heavy (non-hydrogen) atoms. The van der Waals surface area contributed by atoms with Crippen molar-refractivity contribution in [2.24, 2.45) is 0 Å². The largest absolute Gasteiger partial charge is 0.459 e. The lowest BCUT2D eigenvalue weighted by Crippen LogP contribution is -2.25. The molecule has 110 valence electrons. The maximum absolute atomic E-state index is 12.1. The van der Waals surface area contributed by atoms with Gasteiger partial charge in [0.05, 0.1) is 11.5 Å². The number of Topliss-reactive ketones (excluding diaryl/α,β-unsaturated/α-hetero) is 1. The van der Waals surface area contributed by atoms with Gasteiger partial charge in [0.15, 0.2) is 5.78 Å². The summed E-state index contributed by atoms with van der Waals surface area (Å²) in [5.74, 6) is 0.267. The van der Waals surface area contributed by atoms with Crippen LogP contribution in [0.4, 0.5) is 0 Å². The Morgan fingerprint density at radius 3 is 2.35 bits per heavy atom. The van der Waals surface area contributed by atoms with Crippen LogP contribution in [0.15, 0.2) is 18.2 Å². The van der Waals surface area contributed by atoms with Crippen molar-refractivity contribution in [3.63, 3.8) is 0 Å². The molecule has 0 amide bonds. The Morgan fingerprint density at radius 1 is 1.15 bits per heavy atom. The van der Waals surface area contributed by atoms with Crippen molar-refractivity contribution in [1.29, 1.82) is 0 Å². The van der Waals surface area contributed by atoms with Gasteiger partial charge in [-0.3, -0.25) is 9.59 Å². The van der Waals surface area contributed by atoms with Crippen LogP contribution in [0.3, 0.4) is 0 Å². The Bertz CT molecular complexity index is 501. The van der Waals surface area contributed by atoms with Gasteiger partial charge in [0.25, 0.3) is 0 Å². The van der Waals surface area contributed by atoms with Crippen LogP contribution in [-0.2, 0) is 9.53 Å². The second-order valence-corrected chi connectivity index (χ2v) is 6.81. The van der Waals surface area contributed by atoms with Crippen molar-refractivity contribution in [1.82, 2.24) is 0 Å². The zero-order chi connectivity index (χ0) is 15.3. The minimum atomic E-state index is -0.477. The van der Waals surface area contributed by atoms with Crippen LogP contribution in [0.25, 0.3) is 0 Å². The molecule has 0 aliphatic carbocycles. The molecule has 3 nitrogen and oxygen atoms in total. The number of hydrogen-bond acceptors (Lipinski definition) is 4.